The van der Waals surface area contributed by atoms with Crippen LogP contribution >= 0.6 is 0 Å². The van der Waals surface area contributed by atoms with Crippen molar-refractivity contribution in [2.24, 2.45) is 0 Å². The number of benzene rings is 1. The van der Waals surface area contributed by atoms with Crippen LogP contribution in [0, 0.1) is 0 Å². The van der Waals surface area contributed by atoms with Gasteiger partial charge in [0.1, 0.15) is 5.75 Å². The maximum Gasteiger partial charge on any atom is 0.317 e. The van der Waals surface area contributed by atoms with Crippen LogP contribution in [0.25, 0.3) is 0 Å². The Morgan fingerprint density at radius 2 is 1.96 bits per heavy atom. The number of ether oxygens (including phenoxy) is 1. The van der Waals surface area contributed by atoms with Gasteiger partial charge in [-0.05, 0) is 49.6 Å². The third-order valence-electron chi connectivity index (χ3n) is 3.47. The first-order valence-corrected chi connectivity index (χ1v) is 8.18. The van der Waals surface area contributed by atoms with Crippen molar-refractivity contribution in [2.45, 2.75) is 32.9 Å². The fraction of sp³-hybridized carbons (Fsp3) is 0.368. The van der Waals surface area contributed by atoms with Crippen LogP contribution in [0.15, 0.2) is 48.8 Å². The number of hydrogen-bond donors (Lipinski definition) is 1. The van der Waals surface area contributed by atoms with Gasteiger partial charge in [-0.3, -0.25) is 4.98 Å². The van der Waals surface area contributed by atoms with E-state index in [0.29, 0.717) is 13.1 Å². The second kappa shape index (κ2) is 8.91. The van der Waals surface area contributed by atoms with Crippen LogP contribution < -0.4 is 10.1 Å². The lowest BCUT2D eigenvalue weighted by atomic mass is 10.1. The molecule has 0 saturated carbocycles. The third-order valence-corrected chi connectivity index (χ3v) is 3.47. The van der Waals surface area contributed by atoms with Crippen molar-refractivity contribution in [3.05, 3.63) is 59.9 Å². The minimum atomic E-state index is -0.0846. The van der Waals surface area contributed by atoms with Crippen molar-refractivity contribution < 1.29 is 9.53 Å². The molecule has 5 nitrogen and oxygen atoms in total. The first kappa shape index (κ1) is 17.8. The number of carbonyl (C=O) groups is 1. The van der Waals surface area contributed by atoms with Gasteiger partial charge in [0, 0.05) is 32.5 Å². The molecule has 5 heteroatoms. The summed E-state index contributed by atoms with van der Waals surface area (Å²) in [6, 6.07) is 11.7. The smallest absolute Gasteiger partial charge is 0.317 e. The van der Waals surface area contributed by atoms with Crippen molar-refractivity contribution in [3.63, 3.8) is 0 Å². The molecule has 0 aliphatic carbocycles. The number of nitrogens with zero attached hydrogens (tertiary/aromatic N) is 2. The lowest BCUT2D eigenvalue weighted by Crippen LogP contribution is -2.37. The highest BCUT2D eigenvalue weighted by Gasteiger charge is 2.08. The van der Waals surface area contributed by atoms with E-state index in [9.17, 15) is 4.79 Å². The molecule has 0 saturated heterocycles. The fourth-order valence-electron chi connectivity index (χ4n) is 2.29. The van der Waals surface area contributed by atoms with Gasteiger partial charge in [-0.1, -0.05) is 18.2 Å². The Labute approximate surface area is 143 Å². The normalized spacial score (nSPS) is 10.5. The monoisotopic (exact) mass is 327 g/mol. The fourth-order valence-corrected chi connectivity index (χ4v) is 2.29. The molecule has 0 aliphatic heterocycles. The molecule has 0 fully saturated rings. The number of aromatic nitrogens is 1. The molecule has 2 aromatic rings. The Bertz CT molecular complexity index is 627. The molecule has 1 aromatic carbocycles. The van der Waals surface area contributed by atoms with Crippen LogP contribution in [0.1, 0.15) is 25.0 Å². The summed E-state index contributed by atoms with van der Waals surface area (Å²) in [6.45, 7) is 5.15. The summed E-state index contributed by atoms with van der Waals surface area (Å²) in [6.07, 6.45) is 4.45. The van der Waals surface area contributed by atoms with Crippen LogP contribution in [-0.2, 0) is 13.0 Å². The lowest BCUT2D eigenvalue weighted by Gasteiger charge is -2.18. The highest BCUT2D eigenvalue weighted by Crippen LogP contribution is 2.14. The van der Waals surface area contributed by atoms with Crippen molar-refractivity contribution in [2.75, 3.05) is 13.6 Å². The van der Waals surface area contributed by atoms with Gasteiger partial charge in [0.15, 0.2) is 0 Å². The largest absolute Gasteiger partial charge is 0.491 e. The maximum absolute atomic E-state index is 12.1. The molecule has 1 N–H and O–H groups in total. The zero-order valence-corrected chi connectivity index (χ0v) is 14.5. The number of carbonyl (C=O) groups excluding carboxylic acids is 1. The van der Waals surface area contributed by atoms with Crippen molar-refractivity contribution in [1.29, 1.82) is 0 Å². The summed E-state index contributed by atoms with van der Waals surface area (Å²) in [5.74, 6) is 0.869. The number of rotatable bonds is 7. The molecule has 0 radical (unpaired) electrons. The zero-order valence-electron chi connectivity index (χ0n) is 14.5. The molecule has 0 atom stereocenters. The van der Waals surface area contributed by atoms with Crippen LogP contribution in [0.3, 0.4) is 0 Å². The molecular formula is C19H25N3O2. The first-order chi connectivity index (χ1) is 11.5. The number of nitrogens with one attached hydrogen (secondary N) is 1. The minimum Gasteiger partial charge on any atom is -0.491 e. The molecule has 1 aromatic heterocycles. The van der Waals surface area contributed by atoms with Gasteiger partial charge in [-0.15, -0.1) is 0 Å². The standard InChI is InChI=1S/C19H25N3O2/c1-15(2)24-18-8-6-16(7-9-18)10-12-21-19(23)22(3)14-17-5-4-11-20-13-17/h4-9,11,13,15H,10,12,14H2,1-3H3,(H,21,23). The molecule has 24 heavy (non-hydrogen) atoms. The van der Waals surface area contributed by atoms with Crippen LogP contribution in [0.5, 0.6) is 5.75 Å². The van der Waals surface area contributed by atoms with Gasteiger partial charge in [0.25, 0.3) is 0 Å². The molecule has 1 heterocycles. The molecule has 0 bridgehead atoms. The predicted octanol–water partition coefficient (Wildman–Crippen LogP) is 3.25. The summed E-state index contributed by atoms with van der Waals surface area (Å²) in [4.78, 5) is 17.8. The molecule has 2 amide bonds. The quantitative estimate of drug-likeness (QED) is 0.849. The Hall–Kier alpha value is -2.56. The van der Waals surface area contributed by atoms with Gasteiger partial charge >= 0.3 is 6.03 Å². The van der Waals surface area contributed by atoms with E-state index in [1.165, 1.54) is 5.56 Å². The summed E-state index contributed by atoms with van der Waals surface area (Å²) < 4.78 is 5.62. The average molecular weight is 327 g/mol. The van der Waals surface area contributed by atoms with E-state index in [1.807, 2.05) is 50.2 Å². The highest BCUT2D eigenvalue weighted by atomic mass is 16.5. The SMILES string of the molecule is CC(C)Oc1ccc(CCNC(=O)N(C)Cc2cccnc2)cc1. The summed E-state index contributed by atoms with van der Waals surface area (Å²) in [5, 5.41) is 2.93. The van der Waals surface area contributed by atoms with E-state index < -0.39 is 0 Å². The molecule has 2 rings (SSSR count). The zero-order chi connectivity index (χ0) is 17.4. The highest BCUT2D eigenvalue weighted by molar-refractivity contribution is 5.73. The number of urea groups is 1. The number of pyridine rings is 1. The van der Waals surface area contributed by atoms with E-state index in [0.717, 1.165) is 17.7 Å². The topological polar surface area (TPSA) is 54.5 Å². The maximum atomic E-state index is 12.1. The van der Waals surface area contributed by atoms with Gasteiger partial charge in [-0.25, -0.2) is 4.79 Å². The second-order valence-electron chi connectivity index (χ2n) is 6.01. The van der Waals surface area contributed by atoms with Crippen LogP contribution in [-0.4, -0.2) is 35.6 Å². The van der Waals surface area contributed by atoms with Crippen LogP contribution in [0.4, 0.5) is 4.79 Å². The van der Waals surface area contributed by atoms with E-state index in [4.69, 9.17) is 4.74 Å². The Balaban J connectivity index is 1.73. The number of hydrogen-bond acceptors (Lipinski definition) is 3. The van der Waals surface area contributed by atoms with Gasteiger partial charge in [-0.2, -0.15) is 0 Å². The Morgan fingerprint density at radius 3 is 2.58 bits per heavy atom. The second-order valence-corrected chi connectivity index (χ2v) is 6.01. The van der Waals surface area contributed by atoms with Crippen molar-refractivity contribution in [3.8, 4) is 5.75 Å². The van der Waals surface area contributed by atoms with E-state index in [1.54, 1.807) is 24.3 Å². The van der Waals surface area contributed by atoms with E-state index in [2.05, 4.69) is 10.3 Å². The van der Waals surface area contributed by atoms with E-state index in [-0.39, 0.29) is 12.1 Å². The van der Waals surface area contributed by atoms with Crippen molar-refractivity contribution in [1.82, 2.24) is 15.2 Å². The van der Waals surface area contributed by atoms with E-state index >= 15 is 0 Å². The third kappa shape index (κ3) is 5.91. The molecular weight excluding hydrogens is 302 g/mol. The van der Waals surface area contributed by atoms with Gasteiger partial charge < -0.3 is 15.0 Å². The predicted molar refractivity (Wildman–Crippen MR) is 95.0 cm³/mol. The van der Waals surface area contributed by atoms with Crippen LogP contribution in [0.2, 0.25) is 0 Å². The summed E-state index contributed by atoms with van der Waals surface area (Å²) in [5.41, 5.74) is 2.18. The Morgan fingerprint density at radius 1 is 1.21 bits per heavy atom. The molecule has 0 spiro atoms. The molecule has 128 valence electrons. The summed E-state index contributed by atoms with van der Waals surface area (Å²) in [7, 11) is 1.78. The number of amides is 2. The lowest BCUT2D eigenvalue weighted by molar-refractivity contribution is 0.207. The van der Waals surface area contributed by atoms with Gasteiger partial charge in [0.05, 0.1) is 6.10 Å². The molecule has 0 aliphatic rings. The average Bonchev–Trinajstić information content (AvgIpc) is 2.56. The Kier molecular flexibility index (Phi) is 6.61. The first-order valence-electron chi connectivity index (χ1n) is 8.18. The minimum absolute atomic E-state index is 0.0846. The molecule has 0 unspecified atom stereocenters. The van der Waals surface area contributed by atoms with Gasteiger partial charge in [0.2, 0.25) is 0 Å². The van der Waals surface area contributed by atoms with Crippen molar-refractivity contribution >= 4 is 6.03 Å². The summed E-state index contributed by atoms with van der Waals surface area (Å²) >= 11 is 0.